The Hall–Kier alpha value is -1.33. The van der Waals surface area contributed by atoms with Gasteiger partial charge in [0.25, 0.3) is 0 Å². The zero-order valence-corrected chi connectivity index (χ0v) is 11.5. The lowest BCUT2D eigenvalue weighted by atomic mass is 10.2. The number of aliphatic hydroxyl groups is 1. The van der Waals surface area contributed by atoms with Crippen molar-refractivity contribution >= 4 is 11.8 Å². The highest BCUT2D eigenvalue weighted by Crippen LogP contribution is 2.23. The van der Waals surface area contributed by atoms with E-state index in [-0.39, 0.29) is 18.3 Å². The van der Waals surface area contributed by atoms with Crippen molar-refractivity contribution in [1.29, 1.82) is 0 Å². The molecule has 1 aromatic heterocycles. The van der Waals surface area contributed by atoms with Gasteiger partial charge in [0.15, 0.2) is 5.76 Å². The van der Waals surface area contributed by atoms with Crippen LogP contribution in [0.2, 0.25) is 0 Å². The predicted octanol–water partition coefficient (Wildman–Crippen LogP) is 3.34. The molecule has 0 spiro atoms. The summed E-state index contributed by atoms with van der Waals surface area (Å²) in [6, 6.07) is 6.13. The molecule has 0 amide bonds. The largest absolute Gasteiger partial charge is 0.440 e. The Kier molecular flexibility index (Phi) is 4.99. The van der Waals surface area contributed by atoms with Crippen LogP contribution >= 0.6 is 11.8 Å². The Labute approximate surface area is 115 Å². The van der Waals surface area contributed by atoms with Crippen LogP contribution in [-0.2, 0) is 5.75 Å². The number of benzene rings is 1. The number of aliphatic hydroxyl groups excluding tert-OH is 1. The van der Waals surface area contributed by atoms with Crippen molar-refractivity contribution in [3.05, 3.63) is 42.2 Å². The molecule has 5 heteroatoms. The molecule has 1 N–H and O–H groups in total. The molecular weight excluding hydrogens is 265 g/mol. The van der Waals surface area contributed by atoms with Crippen LogP contribution in [0.5, 0.6) is 0 Å². The maximum absolute atomic E-state index is 12.8. The van der Waals surface area contributed by atoms with Crippen LogP contribution in [0.4, 0.5) is 4.39 Å². The zero-order chi connectivity index (χ0) is 13.7. The van der Waals surface area contributed by atoms with Crippen LogP contribution in [0.1, 0.15) is 12.8 Å². The van der Waals surface area contributed by atoms with Gasteiger partial charge in [-0.3, -0.25) is 0 Å². The molecule has 1 aromatic carbocycles. The zero-order valence-electron chi connectivity index (χ0n) is 10.7. The molecule has 1 unspecified atom stereocenters. The van der Waals surface area contributed by atoms with E-state index in [1.807, 2.05) is 6.92 Å². The summed E-state index contributed by atoms with van der Waals surface area (Å²) in [5.41, 5.74) is 0.814. The van der Waals surface area contributed by atoms with Crippen molar-refractivity contribution in [2.45, 2.75) is 12.7 Å². The Balaban J connectivity index is 1.93. The van der Waals surface area contributed by atoms with Crippen LogP contribution in [-0.4, -0.2) is 22.5 Å². The molecule has 1 atom stereocenters. The molecule has 0 aliphatic heterocycles. The average Bonchev–Trinajstić information content (AvgIpc) is 2.88. The monoisotopic (exact) mass is 281 g/mol. The molecule has 1 heterocycles. The summed E-state index contributed by atoms with van der Waals surface area (Å²) >= 11 is 1.67. The van der Waals surface area contributed by atoms with Gasteiger partial charge in [-0.15, -0.1) is 0 Å². The second-order valence-electron chi connectivity index (χ2n) is 4.43. The molecule has 0 saturated carbocycles. The molecule has 0 aliphatic carbocycles. The van der Waals surface area contributed by atoms with E-state index >= 15 is 0 Å². The van der Waals surface area contributed by atoms with E-state index in [4.69, 9.17) is 9.52 Å². The summed E-state index contributed by atoms with van der Waals surface area (Å²) in [5, 5.41) is 8.92. The first-order valence-electron chi connectivity index (χ1n) is 6.08. The van der Waals surface area contributed by atoms with E-state index in [2.05, 4.69) is 4.98 Å². The van der Waals surface area contributed by atoms with Gasteiger partial charge in [0, 0.05) is 12.2 Å². The number of thioether (sulfide) groups is 1. The molecule has 2 rings (SSSR count). The lowest BCUT2D eigenvalue weighted by Gasteiger charge is -2.04. The second kappa shape index (κ2) is 6.73. The number of halogens is 1. The first-order chi connectivity index (χ1) is 9.19. The molecular formula is C14H16FNO2S. The van der Waals surface area contributed by atoms with Crippen molar-refractivity contribution in [1.82, 2.24) is 4.98 Å². The van der Waals surface area contributed by atoms with E-state index in [1.54, 1.807) is 30.1 Å². The first-order valence-corrected chi connectivity index (χ1v) is 7.23. The van der Waals surface area contributed by atoms with Crippen molar-refractivity contribution in [2.24, 2.45) is 5.92 Å². The maximum Gasteiger partial charge on any atom is 0.204 e. The molecule has 0 radical (unpaired) electrons. The van der Waals surface area contributed by atoms with Gasteiger partial charge < -0.3 is 9.52 Å². The normalized spacial score (nSPS) is 12.6. The molecule has 0 aliphatic rings. The fraction of sp³-hybridized carbons (Fsp3) is 0.357. The SMILES string of the molecule is CC(CO)CSCc1ncc(-c2ccc(F)cc2)o1. The molecule has 3 nitrogen and oxygen atoms in total. The lowest BCUT2D eigenvalue weighted by molar-refractivity contribution is 0.250. The van der Waals surface area contributed by atoms with Crippen molar-refractivity contribution in [2.75, 3.05) is 12.4 Å². The minimum Gasteiger partial charge on any atom is -0.440 e. The summed E-state index contributed by atoms with van der Waals surface area (Å²) in [7, 11) is 0. The van der Waals surface area contributed by atoms with E-state index < -0.39 is 0 Å². The number of aromatic nitrogens is 1. The Morgan fingerprint density at radius 3 is 2.79 bits per heavy atom. The Morgan fingerprint density at radius 1 is 1.37 bits per heavy atom. The van der Waals surface area contributed by atoms with Crippen LogP contribution < -0.4 is 0 Å². The Bertz CT molecular complexity index is 512. The Morgan fingerprint density at radius 2 is 2.11 bits per heavy atom. The molecule has 2 aromatic rings. The highest BCUT2D eigenvalue weighted by atomic mass is 32.2. The molecule has 0 bridgehead atoms. The fourth-order valence-corrected chi connectivity index (χ4v) is 2.46. The third-order valence-corrected chi connectivity index (χ3v) is 3.88. The van der Waals surface area contributed by atoms with Crippen LogP contribution in [0.15, 0.2) is 34.9 Å². The predicted molar refractivity (Wildman–Crippen MR) is 74.3 cm³/mol. The van der Waals surface area contributed by atoms with Crippen molar-refractivity contribution in [3.63, 3.8) is 0 Å². The van der Waals surface area contributed by atoms with Gasteiger partial charge in [-0.2, -0.15) is 11.8 Å². The summed E-state index contributed by atoms with van der Waals surface area (Å²) in [6.07, 6.45) is 1.65. The van der Waals surface area contributed by atoms with Gasteiger partial charge in [-0.1, -0.05) is 6.92 Å². The van der Waals surface area contributed by atoms with E-state index in [9.17, 15) is 4.39 Å². The van der Waals surface area contributed by atoms with Gasteiger partial charge in [-0.05, 0) is 35.9 Å². The topological polar surface area (TPSA) is 46.3 Å². The standard InChI is InChI=1S/C14H16FNO2S/c1-10(7-17)8-19-9-14-16-6-13(18-14)11-2-4-12(15)5-3-11/h2-6,10,17H,7-9H2,1H3. The van der Waals surface area contributed by atoms with Gasteiger partial charge in [0.2, 0.25) is 5.89 Å². The number of rotatable bonds is 6. The quantitative estimate of drug-likeness (QED) is 0.882. The highest BCUT2D eigenvalue weighted by Gasteiger charge is 2.07. The summed E-state index contributed by atoms with van der Waals surface area (Å²) in [6.45, 7) is 2.19. The summed E-state index contributed by atoms with van der Waals surface area (Å²) in [4.78, 5) is 4.19. The van der Waals surface area contributed by atoms with E-state index in [1.165, 1.54) is 12.1 Å². The number of hydrogen-bond acceptors (Lipinski definition) is 4. The van der Waals surface area contributed by atoms with Gasteiger partial charge in [0.05, 0.1) is 11.9 Å². The smallest absolute Gasteiger partial charge is 0.204 e. The van der Waals surface area contributed by atoms with Gasteiger partial charge >= 0.3 is 0 Å². The third-order valence-electron chi connectivity index (χ3n) is 2.62. The van der Waals surface area contributed by atoms with Crippen LogP contribution in [0.25, 0.3) is 11.3 Å². The summed E-state index contributed by atoms with van der Waals surface area (Å²) in [5.74, 6) is 2.84. The minimum absolute atomic E-state index is 0.194. The number of oxazole rings is 1. The number of hydrogen-bond donors (Lipinski definition) is 1. The minimum atomic E-state index is -0.267. The lowest BCUT2D eigenvalue weighted by Crippen LogP contribution is -2.03. The first kappa shape index (κ1) is 14.1. The fourth-order valence-electron chi connectivity index (χ4n) is 1.52. The molecule has 0 fully saturated rings. The van der Waals surface area contributed by atoms with Crippen molar-refractivity contribution in [3.8, 4) is 11.3 Å². The maximum atomic E-state index is 12.8. The highest BCUT2D eigenvalue weighted by molar-refractivity contribution is 7.98. The molecule has 102 valence electrons. The van der Waals surface area contributed by atoms with E-state index in [0.717, 1.165) is 11.3 Å². The third kappa shape index (κ3) is 4.08. The van der Waals surface area contributed by atoms with Gasteiger partial charge in [-0.25, -0.2) is 9.37 Å². The number of nitrogens with zero attached hydrogens (tertiary/aromatic N) is 1. The van der Waals surface area contributed by atoms with Crippen LogP contribution in [0.3, 0.4) is 0 Å². The van der Waals surface area contributed by atoms with Gasteiger partial charge in [0.1, 0.15) is 5.82 Å². The van der Waals surface area contributed by atoms with Crippen LogP contribution in [0, 0.1) is 11.7 Å². The second-order valence-corrected chi connectivity index (χ2v) is 5.46. The average molecular weight is 281 g/mol. The molecule has 19 heavy (non-hydrogen) atoms. The summed E-state index contributed by atoms with van der Waals surface area (Å²) < 4.78 is 18.4. The van der Waals surface area contributed by atoms with Crippen molar-refractivity contribution < 1.29 is 13.9 Å². The van der Waals surface area contributed by atoms with E-state index in [0.29, 0.717) is 17.4 Å². The molecule has 0 saturated heterocycles.